The van der Waals surface area contributed by atoms with Gasteiger partial charge in [0.1, 0.15) is 0 Å². The van der Waals surface area contributed by atoms with Crippen molar-refractivity contribution < 1.29 is 14.3 Å². The van der Waals surface area contributed by atoms with E-state index in [1.807, 2.05) is 0 Å². The summed E-state index contributed by atoms with van der Waals surface area (Å²) in [6.07, 6.45) is 3.99. The van der Waals surface area contributed by atoms with Crippen LogP contribution in [0.15, 0.2) is 12.4 Å². The van der Waals surface area contributed by atoms with Crippen molar-refractivity contribution in [2.45, 2.75) is 38.8 Å². The summed E-state index contributed by atoms with van der Waals surface area (Å²) in [4.78, 5) is 31.1. The fourth-order valence-corrected chi connectivity index (χ4v) is 1.32. The van der Waals surface area contributed by atoms with Gasteiger partial charge in [0, 0.05) is 12.2 Å². The maximum absolute atomic E-state index is 11.7. The number of aryl methyl sites for hydroxylation is 1. The largest absolute Gasteiger partial charge is 0.448 e. The molecule has 0 saturated heterocycles. The highest BCUT2D eigenvalue weighted by molar-refractivity contribution is 5.90. The number of carbonyl (C=O) groups is 2. The predicted molar refractivity (Wildman–Crippen MR) is 62.8 cm³/mol. The molecule has 1 aromatic heterocycles. The first kappa shape index (κ1) is 12.5. The number of ether oxygens (including phenoxy) is 1. The lowest BCUT2D eigenvalue weighted by Gasteiger charge is -2.12. The highest BCUT2D eigenvalue weighted by Crippen LogP contribution is 2.18. The number of hydrogen-bond acceptors (Lipinski definition) is 5. The molecule has 6 nitrogen and oxygen atoms in total. The summed E-state index contributed by atoms with van der Waals surface area (Å²) in [7, 11) is 0. The lowest BCUT2D eigenvalue weighted by molar-refractivity contribution is -0.129. The first-order valence-corrected chi connectivity index (χ1v) is 5.86. The third-order valence-corrected chi connectivity index (χ3v) is 2.57. The average molecular weight is 249 g/mol. The van der Waals surface area contributed by atoms with Crippen molar-refractivity contribution in [1.82, 2.24) is 15.3 Å². The summed E-state index contributed by atoms with van der Waals surface area (Å²) < 4.78 is 5.01. The van der Waals surface area contributed by atoms with Crippen molar-refractivity contribution in [3.8, 4) is 0 Å². The minimum Gasteiger partial charge on any atom is -0.448 e. The number of nitrogens with zero attached hydrogens (tertiary/aromatic N) is 2. The smallest absolute Gasteiger partial charge is 0.359 e. The van der Waals surface area contributed by atoms with E-state index in [4.69, 9.17) is 4.74 Å². The Labute approximate surface area is 105 Å². The molecule has 0 radical (unpaired) electrons. The van der Waals surface area contributed by atoms with E-state index in [1.165, 1.54) is 19.3 Å². The third-order valence-electron chi connectivity index (χ3n) is 2.57. The summed E-state index contributed by atoms with van der Waals surface area (Å²) in [5.74, 6) is -0.910. The summed E-state index contributed by atoms with van der Waals surface area (Å²) in [5.41, 5.74) is 0.817. The van der Waals surface area contributed by atoms with Crippen LogP contribution in [0.25, 0.3) is 0 Å². The fraction of sp³-hybridized carbons (Fsp3) is 0.500. The van der Waals surface area contributed by atoms with Gasteiger partial charge < -0.3 is 10.1 Å². The standard InChI is InChI=1S/C12H15N3O3/c1-7-5-14-10(6-13-7)12(17)18-8(2)11(16)15-9-3-4-9/h5-6,8-9H,3-4H2,1-2H3,(H,15,16)/t8-/m0/s1. The quantitative estimate of drug-likeness (QED) is 0.791. The molecule has 1 atom stereocenters. The van der Waals surface area contributed by atoms with E-state index in [-0.39, 0.29) is 17.6 Å². The molecule has 0 aliphatic heterocycles. The van der Waals surface area contributed by atoms with E-state index in [0.29, 0.717) is 5.69 Å². The van der Waals surface area contributed by atoms with Crippen molar-refractivity contribution in [3.05, 3.63) is 23.8 Å². The SMILES string of the molecule is Cc1cnc(C(=O)O[C@@H](C)C(=O)NC2CC2)cn1. The van der Waals surface area contributed by atoms with Gasteiger partial charge in [-0.05, 0) is 26.7 Å². The van der Waals surface area contributed by atoms with Gasteiger partial charge in [0.2, 0.25) is 0 Å². The second-order valence-electron chi connectivity index (χ2n) is 4.37. The second kappa shape index (κ2) is 5.12. The van der Waals surface area contributed by atoms with Gasteiger partial charge >= 0.3 is 5.97 Å². The van der Waals surface area contributed by atoms with Crippen LogP contribution in [0.1, 0.15) is 35.9 Å². The van der Waals surface area contributed by atoms with E-state index < -0.39 is 12.1 Å². The number of amides is 1. The lowest BCUT2D eigenvalue weighted by Crippen LogP contribution is -2.37. The van der Waals surface area contributed by atoms with Crippen LogP contribution in [0.2, 0.25) is 0 Å². The lowest BCUT2D eigenvalue weighted by atomic mass is 10.3. The third kappa shape index (κ3) is 3.26. The van der Waals surface area contributed by atoms with Crippen molar-refractivity contribution in [1.29, 1.82) is 0 Å². The molecule has 96 valence electrons. The maximum Gasteiger partial charge on any atom is 0.359 e. The van der Waals surface area contributed by atoms with Crippen LogP contribution in [0.3, 0.4) is 0 Å². The number of rotatable bonds is 4. The topological polar surface area (TPSA) is 81.2 Å². The molecule has 1 aliphatic carbocycles. The normalized spacial score (nSPS) is 15.9. The molecule has 1 aromatic rings. The Morgan fingerprint density at radius 2 is 2.11 bits per heavy atom. The molecule has 1 fully saturated rings. The van der Waals surface area contributed by atoms with Gasteiger partial charge in [-0.3, -0.25) is 9.78 Å². The number of esters is 1. The molecule has 0 bridgehead atoms. The van der Waals surface area contributed by atoms with Crippen LogP contribution in [0.4, 0.5) is 0 Å². The van der Waals surface area contributed by atoms with Crippen LogP contribution >= 0.6 is 0 Å². The van der Waals surface area contributed by atoms with E-state index in [0.717, 1.165) is 12.8 Å². The van der Waals surface area contributed by atoms with Crippen LogP contribution in [0.5, 0.6) is 0 Å². The number of carbonyl (C=O) groups excluding carboxylic acids is 2. The highest BCUT2D eigenvalue weighted by Gasteiger charge is 2.27. The maximum atomic E-state index is 11.7. The highest BCUT2D eigenvalue weighted by atomic mass is 16.5. The Morgan fingerprint density at radius 1 is 1.39 bits per heavy atom. The van der Waals surface area contributed by atoms with Crippen molar-refractivity contribution in [2.75, 3.05) is 0 Å². The van der Waals surface area contributed by atoms with Crippen LogP contribution < -0.4 is 5.32 Å². The first-order valence-electron chi connectivity index (χ1n) is 5.86. The van der Waals surface area contributed by atoms with Crippen LogP contribution in [0, 0.1) is 6.92 Å². The van der Waals surface area contributed by atoms with Crippen molar-refractivity contribution in [2.24, 2.45) is 0 Å². The first-order chi connectivity index (χ1) is 8.56. The Balaban J connectivity index is 1.89. The molecule has 1 saturated carbocycles. The van der Waals surface area contributed by atoms with Crippen molar-refractivity contribution >= 4 is 11.9 Å². The molecule has 1 N–H and O–H groups in total. The molecule has 2 rings (SSSR count). The van der Waals surface area contributed by atoms with E-state index >= 15 is 0 Å². The monoisotopic (exact) mass is 249 g/mol. The van der Waals surface area contributed by atoms with E-state index in [1.54, 1.807) is 6.92 Å². The van der Waals surface area contributed by atoms with Gasteiger partial charge in [0.25, 0.3) is 5.91 Å². The van der Waals surface area contributed by atoms with Gasteiger partial charge in [-0.2, -0.15) is 0 Å². The Kier molecular flexibility index (Phi) is 3.55. The second-order valence-corrected chi connectivity index (χ2v) is 4.37. The van der Waals surface area contributed by atoms with Crippen LogP contribution in [-0.4, -0.2) is 34.0 Å². The minimum absolute atomic E-state index is 0.103. The summed E-state index contributed by atoms with van der Waals surface area (Å²) in [5, 5.41) is 2.77. The van der Waals surface area contributed by atoms with Crippen LogP contribution in [-0.2, 0) is 9.53 Å². The van der Waals surface area contributed by atoms with Gasteiger partial charge in [-0.1, -0.05) is 0 Å². The van der Waals surface area contributed by atoms with Crippen molar-refractivity contribution in [3.63, 3.8) is 0 Å². The number of aromatic nitrogens is 2. The zero-order chi connectivity index (χ0) is 13.1. The van der Waals surface area contributed by atoms with Gasteiger partial charge in [0.15, 0.2) is 11.8 Å². The summed E-state index contributed by atoms with van der Waals surface area (Å²) >= 11 is 0. The number of nitrogens with one attached hydrogen (secondary N) is 1. The fourth-order valence-electron chi connectivity index (χ4n) is 1.32. The van der Waals surface area contributed by atoms with E-state index in [2.05, 4.69) is 15.3 Å². The summed E-state index contributed by atoms with van der Waals surface area (Å²) in [6.45, 7) is 3.31. The van der Waals surface area contributed by atoms with E-state index in [9.17, 15) is 9.59 Å². The minimum atomic E-state index is -0.818. The molecule has 6 heteroatoms. The zero-order valence-electron chi connectivity index (χ0n) is 10.3. The Hall–Kier alpha value is -1.98. The summed E-state index contributed by atoms with van der Waals surface area (Å²) in [6, 6.07) is 0.248. The predicted octanol–water partition coefficient (Wildman–Crippen LogP) is 0.609. The molecular formula is C12H15N3O3. The average Bonchev–Trinajstić information content (AvgIpc) is 3.13. The van der Waals surface area contributed by atoms with Gasteiger partial charge in [-0.25, -0.2) is 9.78 Å². The molecular weight excluding hydrogens is 234 g/mol. The van der Waals surface area contributed by atoms with Gasteiger partial charge in [-0.15, -0.1) is 0 Å². The Morgan fingerprint density at radius 3 is 2.67 bits per heavy atom. The molecule has 0 aromatic carbocycles. The number of hydrogen-bond donors (Lipinski definition) is 1. The molecule has 1 amide bonds. The molecule has 1 heterocycles. The van der Waals surface area contributed by atoms with Gasteiger partial charge in [0.05, 0.1) is 11.9 Å². The molecule has 0 spiro atoms. The zero-order valence-corrected chi connectivity index (χ0v) is 10.3. The molecule has 18 heavy (non-hydrogen) atoms. The Bertz CT molecular complexity index is 454. The molecule has 1 aliphatic rings. The molecule has 0 unspecified atom stereocenters.